The monoisotopic (exact) mass is 353 g/mol. The second kappa shape index (κ2) is 6.79. The summed E-state index contributed by atoms with van der Waals surface area (Å²) in [5.41, 5.74) is 0.166. The number of para-hydroxylation sites is 1. The number of hydrogen-bond acceptors (Lipinski definition) is 6. The Morgan fingerprint density at radius 1 is 1.19 bits per heavy atom. The smallest absolute Gasteiger partial charge is 0.290 e. The van der Waals surface area contributed by atoms with Crippen LogP contribution in [0.1, 0.15) is 30.4 Å². The number of benzene rings is 2. The summed E-state index contributed by atoms with van der Waals surface area (Å²) in [6.07, 6.45) is -0.0472. The highest BCUT2D eigenvalue weighted by molar-refractivity contribution is 5.80. The van der Waals surface area contributed by atoms with E-state index >= 15 is 0 Å². The molecule has 1 heterocycles. The van der Waals surface area contributed by atoms with Gasteiger partial charge in [-0.25, -0.2) is 0 Å². The first-order chi connectivity index (χ1) is 12.4. The van der Waals surface area contributed by atoms with E-state index in [-0.39, 0.29) is 34.4 Å². The van der Waals surface area contributed by atoms with E-state index in [4.69, 9.17) is 4.42 Å². The summed E-state index contributed by atoms with van der Waals surface area (Å²) in [6.45, 7) is 1.37. The van der Waals surface area contributed by atoms with Gasteiger partial charge in [-0.2, -0.15) is 0 Å². The van der Waals surface area contributed by atoms with Gasteiger partial charge >= 0.3 is 0 Å². The van der Waals surface area contributed by atoms with Crippen molar-refractivity contribution >= 4 is 22.4 Å². The number of hydrogen-bond donors (Lipinski definition) is 1. The SMILES string of the molecule is CC(=O)C[C@@H](c1ccc([N+](=O)[O-])cc1)c1c(O)oc2ccccc2c1=O. The lowest BCUT2D eigenvalue weighted by Gasteiger charge is -2.17. The molecule has 0 spiro atoms. The average molecular weight is 353 g/mol. The van der Waals surface area contributed by atoms with Gasteiger partial charge in [-0.1, -0.05) is 24.3 Å². The van der Waals surface area contributed by atoms with Gasteiger partial charge in [0.05, 0.1) is 15.9 Å². The van der Waals surface area contributed by atoms with Gasteiger partial charge in [0.15, 0.2) is 0 Å². The quantitative estimate of drug-likeness (QED) is 0.555. The molecule has 0 aliphatic heterocycles. The number of nitrogens with zero attached hydrogens (tertiary/aromatic N) is 1. The van der Waals surface area contributed by atoms with E-state index < -0.39 is 22.2 Å². The number of non-ortho nitro benzene ring substituents is 1. The molecular weight excluding hydrogens is 338 g/mol. The molecule has 1 atom stereocenters. The molecule has 0 fully saturated rings. The number of nitro groups is 1. The summed E-state index contributed by atoms with van der Waals surface area (Å²) in [4.78, 5) is 34.9. The molecule has 0 unspecified atom stereocenters. The molecule has 0 saturated heterocycles. The van der Waals surface area contributed by atoms with Crippen molar-refractivity contribution in [3.63, 3.8) is 0 Å². The van der Waals surface area contributed by atoms with Crippen LogP contribution in [-0.4, -0.2) is 15.8 Å². The molecule has 7 heteroatoms. The van der Waals surface area contributed by atoms with Crippen molar-refractivity contribution in [1.82, 2.24) is 0 Å². The van der Waals surface area contributed by atoms with Crippen LogP contribution in [-0.2, 0) is 4.79 Å². The van der Waals surface area contributed by atoms with E-state index in [2.05, 4.69) is 0 Å². The third kappa shape index (κ3) is 3.19. The molecule has 0 amide bonds. The van der Waals surface area contributed by atoms with Gasteiger partial charge in [0.25, 0.3) is 11.6 Å². The van der Waals surface area contributed by atoms with Crippen LogP contribution in [0.15, 0.2) is 57.7 Å². The van der Waals surface area contributed by atoms with Gasteiger partial charge in [0.2, 0.25) is 5.43 Å². The third-order valence-corrected chi connectivity index (χ3v) is 4.16. The molecule has 1 N–H and O–H groups in total. The summed E-state index contributed by atoms with van der Waals surface area (Å²) in [7, 11) is 0. The predicted molar refractivity (Wildman–Crippen MR) is 94.4 cm³/mol. The Labute approximate surface area is 147 Å². The summed E-state index contributed by atoms with van der Waals surface area (Å²) in [5, 5.41) is 21.4. The number of rotatable bonds is 5. The van der Waals surface area contributed by atoms with Crippen LogP contribution in [0.5, 0.6) is 5.95 Å². The van der Waals surface area contributed by atoms with Gasteiger partial charge in [0.1, 0.15) is 11.4 Å². The number of carbonyl (C=O) groups excluding carboxylic acids is 1. The van der Waals surface area contributed by atoms with Crippen LogP contribution >= 0.6 is 0 Å². The topological polar surface area (TPSA) is 111 Å². The maximum absolute atomic E-state index is 12.9. The summed E-state index contributed by atoms with van der Waals surface area (Å²) in [5.74, 6) is -1.52. The summed E-state index contributed by atoms with van der Waals surface area (Å²) < 4.78 is 5.36. The van der Waals surface area contributed by atoms with Crippen molar-refractivity contribution in [2.24, 2.45) is 0 Å². The minimum Gasteiger partial charge on any atom is -0.480 e. The van der Waals surface area contributed by atoms with Gasteiger partial charge in [-0.15, -0.1) is 0 Å². The standard InChI is InChI=1S/C19H15NO6/c1-11(21)10-15(12-6-8-13(9-7-12)20(24)25)17-18(22)14-4-2-3-5-16(14)26-19(17)23/h2-9,15,23H,10H2,1H3/t15-/m0/s1. The van der Waals surface area contributed by atoms with Crippen LogP contribution in [0.25, 0.3) is 11.0 Å². The van der Waals surface area contributed by atoms with E-state index in [0.717, 1.165) is 0 Å². The van der Waals surface area contributed by atoms with Crippen molar-refractivity contribution < 1.29 is 19.2 Å². The lowest BCUT2D eigenvalue weighted by atomic mass is 9.87. The highest BCUT2D eigenvalue weighted by Gasteiger charge is 2.26. The molecule has 0 aliphatic rings. The normalized spacial score (nSPS) is 12.0. The van der Waals surface area contributed by atoms with Crippen molar-refractivity contribution in [3.8, 4) is 5.95 Å². The highest BCUT2D eigenvalue weighted by Crippen LogP contribution is 2.34. The van der Waals surface area contributed by atoms with Crippen molar-refractivity contribution in [2.75, 3.05) is 0 Å². The molecule has 0 radical (unpaired) electrons. The lowest BCUT2D eigenvalue weighted by molar-refractivity contribution is -0.384. The number of fused-ring (bicyclic) bond motifs is 1. The molecular formula is C19H15NO6. The van der Waals surface area contributed by atoms with Gasteiger partial charge in [0, 0.05) is 24.5 Å². The van der Waals surface area contributed by atoms with Gasteiger partial charge < -0.3 is 9.52 Å². The number of carbonyl (C=O) groups is 1. The van der Waals surface area contributed by atoms with Crippen molar-refractivity contribution in [3.05, 3.63) is 80.0 Å². The number of nitro benzene ring substituents is 1. The minimum absolute atomic E-state index is 0.0345. The maximum atomic E-state index is 12.9. The molecule has 1 aromatic heterocycles. The Hall–Kier alpha value is -3.48. The zero-order valence-corrected chi connectivity index (χ0v) is 13.8. The van der Waals surface area contributed by atoms with E-state index in [1.54, 1.807) is 24.3 Å². The van der Waals surface area contributed by atoms with E-state index in [1.165, 1.54) is 31.2 Å². The molecule has 3 rings (SSSR count). The fourth-order valence-electron chi connectivity index (χ4n) is 2.95. The Morgan fingerprint density at radius 2 is 1.85 bits per heavy atom. The summed E-state index contributed by atoms with van der Waals surface area (Å²) >= 11 is 0. The van der Waals surface area contributed by atoms with Crippen LogP contribution in [0.3, 0.4) is 0 Å². The van der Waals surface area contributed by atoms with E-state index in [1.807, 2.05) is 0 Å². The van der Waals surface area contributed by atoms with Crippen LogP contribution < -0.4 is 5.43 Å². The molecule has 0 aliphatic carbocycles. The van der Waals surface area contributed by atoms with Crippen LogP contribution in [0.4, 0.5) is 5.69 Å². The average Bonchev–Trinajstić information content (AvgIpc) is 2.60. The van der Waals surface area contributed by atoms with Gasteiger partial charge in [-0.05, 0) is 24.6 Å². The van der Waals surface area contributed by atoms with E-state index in [0.29, 0.717) is 5.56 Å². The first kappa shape index (κ1) is 17.3. The second-order valence-corrected chi connectivity index (χ2v) is 5.95. The predicted octanol–water partition coefficient (Wildman–Crippen LogP) is 3.52. The number of ketones is 1. The van der Waals surface area contributed by atoms with Gasteiger partial charge in [-0.3, -0.25) is 19.7 Å². The van der Waals surface area contributed by atoms with Crippen LogP contribution in [0.2, 0.25) is 0 Å². The largest absolute Gasteiger partial charge is 0.480 e. The molecule has 26 heavy (non-hydrogen) atoms. The first-order valence-electron chi connectivity index (χ1n) is 7.87. The molecule has 132 valence electrons. The van der Waals surface area contributed by atoms with Crippen molar-refractivity contribution in [1.29, 1.82) is 0 Å². The Kier molecular flexibility index (Phi) is 4.53. The van der Waals surface area contributed by atoms with Crippen molar-refractivity contribution in [2.45, 2.75) is 19.3 Å². The maximum Gasteiger partial charge on any atom is 0.290 e. The summed E-state index contributed by atoms with van der Waals surface area (Å²) in [6, 6.07) is 12.0. The third-order valence-electron chi connectivity index (χ3n) is 4.16. The molecule has 7 nitrogen and oxygen atoms in total. The molecule has 0 bridgehead atoms. The Balaban J connectivity index is 2.20. The lowest BCUT2D eigenvalue weighted by Crippen LogP contribution is -2.17. The van der Waals surface area contributed by atoms with Crippen LogP contribution in [0, 0.1) is 10.1 Å². The fourth-order valence-corrected chi connectivity index (χ4v) is 2.95. The Morgan fingerprint density at radius 3 is 2.46 bits per heavy atom. The number of Topliss-reactive ketones (excluding diaryl/α,β-unsaturated/α-hetero) is 1. The molecule has 0 saturated carbocycles. The zero-order valence-electron chi connectivity index (χ0n) is 13.8. The van der Waals surface area contributed by atoms with E-state index in [9.17, 15) is 24.8 Å². The fraction of sp³-hybridized carbons (Fsp3) is 0.158. The second-order valence-electron chi connectivity index (χ2n) is 5.95. The minimum atomic E-state index is -0.769. The zero-order chi connectivity index (χ0) is 18.8. The number of aromatic hydroxyl groups is 1. The molecule has 2 aromatic carbocycles. The first-order valence-corrected chi connectivity index (χ1v) is 7.87. The highest BCUT2D eigenvalue weighted by atomic mass is 16.6. The Bertz CT molecular complexity index is 1050. The molecule has 3 aromatic rings.